The number of nitrogens with one attached hydrogen (secondary N) is 1. The van der Waals surface area contributed by atoms with Gasteiger partial charge in [-0.05, 0) is 35.9 Å². The van der Waals surface area contributed by atoms with Crippen LogP contribution in [-0.2, 0) is 11.2 Å². The molecule has 0 spiro atoms. The van der Waals surface area contributed by atoms with Crippen LogP contribution in [-0.4, -0.2) is 58.7 Å². The van der Waals surface area contributed by atoms with E-state index < -0.39 is 0 Å². The van der Waals surface area contributed by atoms with Crippen molar-refractivity contribution in [1.29, 1.82) is 0 Å². The van der Waals surface area contributed by atoms with Gasteiger partial charge in [0, 0.05) is 49.8 Å². The molecule has 0 atom stereocenters. The molecule has 1 fully saturated rings. The number of piperazine rings is 1. The van der Waals surface area contributed by atoms with Gasteiger partial charge in [-0.25, -0.2) is 0 Å². The Kier molecular flexibility index (Phi) is 4.12. The Morgan fingerprint density at radius 1 is 0.962 bits per heavy atom. The van der Waals surface area contributed by atoms with Crippen molar-refractivity contribution in [2.45, 2.75) is 6.42 Å². The maximum atomic E-state index is 12.7. The predicted molar refractivity (Wildman–Crippen MR) is 94.8 cm³/mol. The Labute approximate surface area is 150 Å². The van der Waals surface area contributed by atoms with Gasteiger partial charge < -0.3 is 15.1 Å². The number of amides is 3. The van der Waals surface area contributed by atoms with Crippen molar-refractivity contribution in [3.63, 3.8) is 0 Å². The summed E-state index contributed by atoms with van der Waals surface area (Å²) in [6.45, 7) is 1.95. The summed E-state index contributed by atoms with van der Waals surface area (Å²) in [6, 6.07) is 8.77. The van der Waals surface area contributed by atoms with Crippen LogP contribution >= 0.6 is 0 Å². The molecule has 4 rings (SSSR count). The summed E-state index contributed by atoms with van der Waals surface area (Å²) in [6.07, 6.45) is 3.50. The van der Waals surface area contributed by atoms with Crippen molar-refractivity contribution in [1.82, 2.24) is 14.8 Å². The third-order valence-electron chi connectivity index (χ3n) is 4.74. The number of carbonyl (C=O) groups is 3. The molecule has 0 bridgehead atoms. The fourth-order valence-electron chi connectivity index (χ4n) is 3.33. The number of nitrogens with zero attached hydrogens (tertiary/aromatic N) is 3. The van der Waals surface area contributed by atoms with Crippen molar-refractivity contribution in [3.05, 3.63) is 59.4 Å². The molecule has 1 aromatic heterocycles. The second-order valence-electron chi connectivity index (χ2n) is 6.42. The normalized spacial score (nSPS) is 16.2. The molecule has 2 aliphatic heterocycles. The molecule has 1 aromatic carbocycles. The first-order valence-electron chi connectivity index (χ1n) is 8.53. The molecule has 0 radical (unpaired) electrons. The quantitative estimate of drug-likeness (QED) is 0.882. The minimum Gasteiger partial charge on any atom is -0.335 e. The standard InChI is InChI=1S/C19H18N4O3/c24-17-11-15-10-13(3-4-16(15)21-17)18(25)22-6-8-23(9-7-22)19(26)14-2-1-5-20-12-14/h1-5,10,12H,6-9,11H2,(H,21,24). The highest BCUT2D eigenvalue weighted by Gasteiger charge is 2.26. The summed E-state index contributed by atoms with van der Waals surface area (Å²) >= 11 is 0. The molecule has 26 heavy (non-hydrogen) atoms. The van der Waals surface area contributed by atoms with Crippen molar-refractivity contribution < 1.29 is 14.4 Å². The highest BCUT2D eigenvalue weighted by Crippen LogP contribution is 2.24. The maximum Gasteiger partial charge on any atom is 0.255 e. The summed E-state index contributed by atoms with van der Waals surface area (Å²) in [7, 11) is 0. The van der Waals surface area contributed by atoms with E-state index >= 15 is 0 Å². The second-order valence-corrected chi connectivity index (χ2v) is 6.42. The van der Waals surface area contributed by atoms with Crippen LogP contribution in [0.25, 0.3) is 0 Å². The largest absolute Gasteiger partial charge is 0.335 e. The van der Waals surface area contributed by atoms with E-state index in [9.17, 15) is 14.4 Å². The van der Waals surface area contributed by atoms with Gasteiger partial charge in [-0.1, -0.05) is 0 Å². The highest BCUT2D eigenvalue weighted by atomic mass is 16.2. The zero-order valence-corrected chi connectivity index (χ0v) is 14.1. The average molecular weight is 350 g/mol. The monoisotopic (exact) mass is 350 g/mol. The van der Waals surface area contributed by atoms with Crippen LogP contribution < -0.4 is 5.32 Å². The van der Waals surface area contributed by atoms with Crippen molar-refractivity contribution in [2.75, 3.05) is 31.5 Å². The molecule has 1 N–H and O–H groups in total. The van der Waals surface area contributed by atoms with E-state index in [1.165, 1.54) is 0 Å². The van der Waals surface area contributed by atoms with Gasteiger partial charge in [0.25, 0.3) is 11.8 Å². The Morgan fingerprint density at radius 3 is 2.31 bits per heavy atom. The molecule has 0 saturated carbocycles. The molecule has 7 heteroatoms. The first-order chi connectivity index (χ1) is 12.6. The molecule has 7 nitrogen and oxygen atoms in total. The summed E-state index contributed by atoms with van der Waals surface area (Å²) in [5.41, 5.74) is 2.76. The summed E-state index contributed by atoms with van der Waals surface area (Å²) in [5, 5.41) is 2.76. The van der Waals surface area contributed by atoms with Crippen LogP contribution in [0.3, 0.4) is 0 Å². The number of aromatic nitrogens is 1. The topological polar surface area (TPSA) is 82.6 Å². The molecule has 3 amide bonds. The van der Waals surface area contributed by atoms with Crippen LogP contribution in [0.4, 0.5) is 5.69 Å². The van der Waals surface area contributed by atoms with Crippen LogP contribution in [0, 0.1) is 0 Å². The summed E-state index contributed by atoms with van der Waals surface area (Å²) < 4.78 is 0. The number of hydrogen-bond acceptors (Lipinski definition) is 4. The SMILES string of the molecule is O=C1Cc2cc(C(=O)N3CCN(C(=O)c4cccnc4)CC3)ccc2N1. The average Bonchev–Trinajstić information content (AvgIpc) is 3.07. The molecular weight excluding hydrogens is 332 g/mol. The Bertz CT molecular complexity index is 874. The van der Waals surface area contributed by atoms with E-state index in [0.717, 1.165) is 11.3 Å². The van der Waals surface area contributed by atoms with Crippen LogP contribution in [0.5, 0.6) is 0 Å². The molecule has 2 aliphatic rings. The van der Waals surface area contributed by atoms with Gasteiger partial charge in [0.1, 0.15) is 0 Å². The van der Waals surface area contributed by atoms with Gasteiger partial charge in [-0.2, -0.15) is 0 Å². The van der Waals surface area contributed by atoms with Crippen LogP contribution in [0.1, 0.15) is 26.3 Å². The Hall–Kier alpha value is -3.22. The minimum absolute atomic E-state index is 0.0490. The number of benzene rings is 1. The first kappa shape index (κ1) is 16.3. The lowest BCUT2D eigenvalue weighted by Crippen LogP contribution is -2.50. The van der Waals surface area contributed by atoms with E-state index in [1.54, 1.807) is 52.5 Å². The van der Waals surface area contributed by atoms with Gasteiger partial charge in [-0.15, -0.1) is 0 Å². The summed E-state index contributed by atoms with van der Waals surface area (Å²) in [5.74, 6) is -0.180. The zero-order valence-electron chi connectivity index (χ0n) is 14.1. The maximum absolute atomic E-state index is 12.7. The molecular formula is C19H18N4O3. The van der Waals surface area contributed by atoms with E-state index in [4.69, 9.17) is 0 Å². The van der Waals surface area contributed by atoms with Crippen molar-refractivity contribution in [2.24, 2.45) is 0 Å². The second kappa shape index (κ2) is 6.59. The third kappa shape index (κ3) is 3.03. The van der Waals surface area contributed by atoms with Gasteiger partial charge in [-0.3, -0.25) is 19.4 Å². The van der Waals surface area contributed by atoms with E-state index in [1.807, 2.05) is 0 Å². The molecule has 0 aliphatic carbocycles. The highest BCUT2D eigenvalue weighted by molar-refractivity contribution is 6.01. The van der Waals surface area contributed by atoms with E-state index in [-0.39, 0.29) is 17.7 Å². The Morgan fingerprint density at radius 2 is 1.65 bits per heavy atom. The Balaban J connectivity index is 1.40. The molecule has 0 unspecified atom stereocenters. The van der Waals surface area contributed by atoms with Crippen LogP contribution in [0.15, 0.2) is 42.7 Å². The first-order valence-corrected chi connectivity index (χ1v) is 8.53. The number of hydrogen-bond donors (Lipinski definition) is 1. The van der Waals surface area contributed by atoms with Crippen molar-refractivity contribution in [3.8, 4) is 0 Å². The number of rotatable bonds is 2. The minimum atomic E-state index is -0.0689. The molecule has 3 heterocycles. The number of pyridine rings is 1. The lowest BCUT2D eigenvalue weighted by molar-refractivity contribution is -0.115. The van der Waals surface area contributed by atoms with Gasteiger partial charge in [0.2, 0.25) is 5.91 Å². The molecule has 1 saturated heterocycles. The third-order valence-corrected chi connectivity index (χ3v) is 4.74. The molecule has 132 valence electrons. The number of fused-ring (bicyclic) bond motifs is 1. The van der Waals surface area contributed by atoms with Gasteiger partial charge in [0.15, 0.2) is 0 Å². The lowest BCUT2D eigenvalue weighted by Gasteiger charge is -2.34. The van der Waals surface area contributed by atoms with Crippen LogP contribution in [0.2, 0.25) is 0 Å². The number of anilines is 1. The van der Waals surface area contributed by atoms with Crippen molar-refractivity contribution >= 4 is 23.4 Å². The van der Waals surface area contributed by atoms with Gasteiger partial charge in [0.05, 0.1) is 12.0 Å². The van der Waals surface area contributed by atoms with Gasteiger partial charge >= 0.3 is 0 Å². The zero-order chi connectivity index (χ0) is 18.1. The lowest BCUT2D eigenvalue weighted by atomic mass is 10.1. The fraction of sp³-hybridized carbons (Fsp3) is 0.263. The van der Waals surface area contributed by atoms with E-state index in [0.29, 0.717) is 43.7 Å². The summed E-state index contributed by atoms with van der Waals surface area (Å²) in [4.78, 5) is 44.1. The smallest absolute Gasteiger partial charge is 0.255 e. The molecule has 2 aromatic rings. The predicted octanol–water partition coefficient (Wildman–Crippen LogP) is 1.17. The number of carbonyl (C=O) groups excluding carboxylic acids is 3. The fourth-order valence-corrected chi connectivity index (χ4v) is 3.33. The van der Waals surface area contributed by atoms with E-state index in [2.05, 4.69) is 10.3 Å².